The third-order valence-electron chi connectivity index (χ3n) is 4.64. The molecular weight excluding hydrogens is 310 g/mol. The van der Waals surface area contributed by atoms with Gasteiger partial charge in [-0.1, -0.05) is 129 Å². The maximum absolute atomic E-state index is 7.68. The maximum Gasteiger partial charge on any atom is 0.421 e. The van der Waals surface area contributed by atoms with E-state index in [0.717, 1.165) is 0 Å². The predicted octanol–water partition coefficient (Wildman–Crippen LogP) is 5.57. The Bertz CT molecular complexity index is 187. The van der Waals surface area contributed by atoms with Crippen LogP contribution in [0.2, 0.25) is 0 Å². The molecule has 0 fully saturated rings. The van der Waals surface area contributed by atoms with Crippen molar-refractivity contribution in [2.75, 3.05) is 0 Å². The van der Waals surface area contributed by atoms with Gasteiger partial charge in [0.05, 0.1) is 0 Å². The number of rotatable bonds is 19. The Hall–Kier alpha value is 0.00987. The monoisotopic (exact) mass is 356 g/mol. The molecule has 0 aromatic heterocycles. The molecule has 150 valence electrons. The Morgan fingerprint density at radius 3 is 0.760 bits per heavy atom. The van der Waals surface area contributed by atoms with Gasteiger partial charge in [-0.3, -0.25) is 0 Å². The van der Waals surface area contributed by atoms with E-state index in [1.807, 2.05) is 0 Å². The minimum atomic E-state index is -0.406. The van der Waals surface area contributed by atoms with Crippen LogP contribution in [0.1, 0.15) is 129 Å². The highest BCUT2D eigenvalue weighted by Gasteiger charge is 1.94. The van der Waals surface area contributed by atoms with Crippen LogP contribution in [0, 0.1) is 0 Å². The molecule has 0 aromatic carbocycles. The first-order chi connectivity index (χ1) is 12.3. The predicted molar refractivity (Wildman–Crippen MR) is 114 cm³/mol. The summed E-state index contributed by atoms with van der Waals surface area (Å²) < 4.78 is 3.94. The normalized spacial score (nSPS) is 10.2. The van der Waals surface area contributed by atoms with Crippen molar-refractivity contribution < 1.29 is 14.6 Å². The van der Waals surface area contributed by atoms with Crippen LogP contribution in [0.4, 0.5) is 0 Å². The average Bonchev–Trinajstić information content (AvgIpc) is 2.62. The van der Waals surface area contributed by atoms with Crippen LogP contribution in [0.25, 0.3) is 0 Å². The van der Waals surface area contributed by atoms with E-state index in [1.54, 1.807) is 0 Å². The topological polar surface area (TPSA) is 49.7 Å². The lowest BCUT2D eigenvalue weighted by Crippen LogP contribution is -2.00. The molecule has 0 saturated heterocycles. The Morgan fingerprint density at radius 1 is 0.440 bits per heavy atom. The van der Waals surface area contributed by atoms with E-state index in [-0.39, 0.29) is 0 Å². The highest BCUT2D eigenvalue weighted by atomic mass is 16.5. The van der Waals surface area contributed by atoms with Gasteiger partial charge in [0, 0.05) is 0 Å². The summed E-state index contributed by atoms with van der Waals surface area (Å²) in [5.74, 6) is 0. The van der Waals surface area contributed by atoms with E-state index in [0.29, 0.717) is 0 Å². The molecule has 0 unspecified atom stereocenters. The Balaban J connectivity index is 0. The van der Waals surface area contributed by atoms with Gasteiger partial charge in [0.2, 0.25) is 0 Å². The molecule has 3 nitrogen and oxygen atoms in total. The lowest BCUT2D eigenvalue weighted by molar-refractivity contribution is 0.408. The molecule has 0 aromatic rings. The molecule has 0 amide bonds. The van der Waals surface area contributed by atoms with Crippen molar-refractivity contribution in [1.82, 2.24) is 0 Å². The van der Waals surface area contributed by atoms with Crippen LogP contribution in [-0.2, 0) is 4.57 Å². The molecule has 0 aliphatic carbocycles. The fourth-order valence-electron chi connectivity index (χ4n) is 3.02. The highest BCUT2D eigenvalue weighted by Crippen LogP contribution is 2.14. The maximum atomic E-state index is 7.68. The SMILES string of the molecule is CCCCCCCCCCCCCCCCCCCC.OBOBO. The fourth-order valence-corrected chi connectivity index (χ4v) is 3.02. The zero-order valence-corrected chi connectivity index (χ0v) is 17.4. The average molecular weight is 356 g/mol. The summed E-state index contributed by atoms with van der Waals surface area (Å²) in [4.78, 5) is 0. The first-order valence-electron chi connectivity index (χ1n) is 11.1. The van der Waals surface area contributed by atoms with Crippen molar-refractivity contribution in [3.8, 4) is 0 Å². The number of unbranched alkanes of at least 4 members (excludes halogenated alkanes) is 17. The third kappa shape index (κ3) is 32.2. The summed E-state index contributed by atoms with van der Waals surface area (Å²) in [6.45, 7) is 4.59. The lowest BCUT2D eigenvalue weighted by Gasteiger charge is -2.03. The Kier molecular flexibility index (Phi) is 31.4. The summed E-state index contributed by atoms with van der Waals surface area (Å²) in [6.07, 6.45) is 26.4. The van der Waals surface area contributed by atoms with Gasteiger partial charge in [-0.15, -0.1) is 0 Å². The quantitative estimate of drug-likeness (QED) is 0.235. The van der Waals surface area contributed by atoms with E-state index in [2.05, 4.69) is 18.4 Å². The molecule has 0 bridgehead atoms. The molecular formula is C20H46B2O3. The molecule has 0 saturated carbocycles. The summed E-state index contributed by atoms with van der Waals surface area (Å²) in [6, 6.07) is 0. The minimum absolute atomic E-state index is 0.406. The summed E-state index contributed by atoms with van der Waals surface area (Å²) in [7, 11) is -0.812. The largest absolute Gasteiger partial charge is 0.457 e. The zero-order chi connectivity index (χ0) is 18.8. The Morgan fingerprint density at radius 2 is 0.640 bits per heavy atom. The number of hydrogen-bond donors (Lipinski definition) is 2. The van der Waals surface area contributed by atoms with Crippen LogP contribution in [-0.4, -0.2) is 25.4 Å². The van der Waals surface area contributed by atoms with E-state index < -0.39 is 15.4 Å². The summed E-state index contributed by atoms with van der Waals surface area (Å²) >= 11 is 0. The molecule has 0 rings (SSSR count). The van der Waals surface area contributed by atoms with E-state index >= 15 is 0 Å². The molecule has 2 N–H and O–H groups in total. The minimum Gasteiger partial charge on any atom is -0.457 e. The molecule has 0 aliphatic rings. The van der Waals surface area contributed by atoms with Crippen molar-refractivity contribution in [3.05, 3.63) is 0 Å². The van der Waals surface area contributed by atoms with Gasteiger partial charge in [-0.05, 0) is 0 Å². The molecule has 0 atom stereocenters. The lowest BCUT2D eigenvalue weighted by atomic mass is 10.0. The second kappa shape index (κ2) is 28.8. The van der Waals surface area contributed by atoms with Crippen molar-refractivity contribution in [1.29, 1.82) is 0 Å². The first-order valence-corrected chi connectivity index (χ1v) is 11.1. The van der Waals surface area contributed by atoms with Gasteiger partial charge in [0.1, 0.15) is 0 Å². The molecule has 0 spiro atoms. The summed E-state index contributed by atoms with van der Waals surface area (Å²) in [5.41, 5.74) is 0. The van der Waals surface area contributed by atoms with Crippen LogP contribution in [0.15, 0.2) is 0 Å². The van der Waals surface area contributed by atoms with Gasteiger partial charge in [0.15, 0.2) is 0 Å². The molecule has 0 heterocycles. The third-order valence-corrected chi connectivity index (χ3v) is 4.64. The van der Waals surface area contributed by atoms with Gasteiger partial charge in [-0.2, -0.15) is 0 Å². The Labute approximate surface area is 159 Å². The van der Waals surface area contributed by atoms with Crippen LogP contribution in [0.3, 0.4) is 0 Å². The molecule has 0 radical (unpaired) electrons. The molecule has 25 heavy (non-hydrogen) atoms. The van der Waals surface area contributed by atoms with Crippen molar-refractivity contribution in [2.24, 2.45) is 0 Å². The van der Waals surface area contributed by atoms with E-state index in [9.17, 15) is 0 Å². The van der Waals surface area contributed by atoms with Gasteiger partial charge in [0.25, 0.3) is 0 Å². The van der Waals surface area contributed by atoms with Gasteiger partial charge < -0.3 is 14.6 Å². The van der Waals surface area contributed by atoms with Crippen molar-refractivity contribution in [2.45, 2.75) is 129 Å². The molecule has 0 aliphatic heterocycles. The van der Waals surface area contributed by atoms with Crippen LogP contribution >= 0.6 is 0 Å². The molecule has 5 heteroatoms. The summed E-state index contributed by atoms with van der Waals surface area (Å²) in [5, 5.41) is 15.4. The smallest absolute Gasteiger partial charge is 0.421 e. The fraction of sp³-hybridized carbons (Fsp3) is 1.00. The standard InChI is InChI=1S/C20H42.B2H4O3/c1-3-5-7-9-11-13-15-17-19-20-18-16-14-12-10-8-6-4-2;3-1-5-2-4/h3-20H2,1-2H3;1-4H. The van der Waals surface area contributed by atoms with Crippen molar-refractivity contribution in [3.63, 3.8) is 0 Å². The van der Waals surface area contributed by atoms with Gasteiger partial charge >= 0.3 is 15.4 Å². The van der Waals surface area contributed by atoms with E-state index in [4.69, 9.17) is 10.0 Å². The highest BCUT2D eigenvalue weighted by molar-refractivity contribution is 6.32. The van der Waals surface area contributed by atoms with Crippen molar-refractivity contribution >= 4 is 15.4 Å². The van der Waals surface area contributed by atoms with E-state index in [1.165, 1.54) is 116 Å². The van der Waals surface area contributed by atoms with Gasteiger partial charge in [-0.25, -0.2) is 0 Å². The number of hydrogen-bond acceptors (Lipinski definition) is 3. The van der Waals surface area contributed by atoms with Crippen LogP contribution < -0.4 is 0 Å². The second-order valence-electron chi connectivity index (χ2n) is 7.12. The first kappa shape index (κ1) is 27.2. The zero-order valence-electron chi connectivity index (χ0n) is 17.4. The van der Waals surface area contributed by atoms with Crippen LogP contribution in [0.5, 0.6) is 0 Å². The second-order valence-corrected chi connectivity index (χ2v) is 7.12.